The van der Waals surface area contributed by atoms with Gasteiger partial charge in [-0.25, -0.2) is 8.42 Å². The van der Waals surface area contributed by atoms with Crippen LogP contribution in [0.4, 0.5) is 5.69 Å². The highest BCUT2D eigenvalue weighted by molar-refractivity contribution is 7.91. The van der Waals surface area contributed by atoms with Crippen LogP contribution in [0, 0.1) is 13.8 Å². The van der Waals surface area contributed by atoms with E-state index in [0.717, 1.165) is 5.69 Å². The van der Waals surface area contributed by atoms with Crippen LogP contribution in [0.5, 0.6) is 5.75 Å². The Balaban J connectivity index is 1.83. The summed E-state index contributed by atoms with van der Waals surface area (Å²) >= 11 is 0. The molecule has 0 unspecified atom stereocenters. The van der Waals surface area contributed by atoms with Gasteiger partial charge in [-0.1, -0.05) is 0 Å². The van der Waals surface area contributed by atoms with Crippen LogP contribution in [0.2, 0.25) is 0 Å². The van der Waals surface area contributed by atoms with E-state index >= 15 is 0 Å². The molecule has 0 radical (unpaired) electrons. The lowest BCUT2D eigenvalue weighted by molar-refractivity contribution is -0.774. The molecule has 1 fully saturated rings. The Morgan fingerprint density at radius 2 is 1.96 bits per heavy atom. The van der Waals surface area contributed by atoms with E-state index < -0.39 is 9.84 Å². The molecule has 8 heteroatoms. The molecule has 2 aromatic rings. The second-order valence-electron chi connectivity index (χ2n) is 6.31. The van der Waals surface area contributed by atoms with Crippen molar-refractivity contribution in [3.63, 3.8) is 0 Å². The van der Waals surface area contributed by atoms with E-state index in [1.54, 1.807) is 31.4 Å². The Morgan fingerprint density at radius 1 is 1.28 bits per heavy atom. The van der Waals surface area contributed by atoms with Gasteiger partial charge < -0.3 is 10.1 Å². The number of carbonyl (C=O) groups excluding carboxylic acids is 1. The maximum absolute atomic E-state index is 12.7. The van der Waals surface area contributed by atoms with Crippen LogP contribution in [-0.2, 0) is 9.84 Å². The molecule has 0 saturated carbocycles. The van der Waals surface area contributed by atoms with Gasteiger partial charge in [0.2, 0.25) is 5.69 Å². The number of nitrogens with zero attached hydrogens (tertiary/aromatic N) is 1. The van der Waals surface area contributed by atoms with Crippen LogP contribution in [0.25, 0.3) is 0 Å². The van der Waals surface area contributed by atoms with E-state index in [1.807, 2.05) is 18.5 Å². The standard InChI is InChI=1S/C17H21N3O4S/c1-11-16(17(21)18-13-4-6-15(24-3)7-5-13)12(2)20(19-11)14-8-9-25(22,23)10-14/h4-7,14H,8-10H2,1-3H3,(H,18,21)/p+1/t14-/m0/s1. The molecule has 1 aromatic carbocycles. The molecule has 0 aliphatic carbocycles. The third-order valence-corrected chi connectivity index (χ3v) is 6.29. The fourth-order valence-corrected chi connectivity index (χ4v) is 4.96. The van der Waals surface area contributed by atoms with Crippen LogP contribution < -0.4 is 14.7 Å². The van der Waals surface area contributed by atoms with Gasteiger partial charge in [-0.2, -0.15) is 5.10 Å². The van der Waals surface area contributed by atoms with Crippen LogP contribution in [0.3, 0.4) is 0 Å². The summed E-state index contributed by atoms with van der Waals surface area (Å²) in [5.74, 6) is 0.788. The van der Waals surface area contributed by atoms with Crippen molar-refractivity contribution in [2.24, 2.45) is 0 Å². The van der Waals surface area contributed by atoms with Crippen molar-refractivity contribution >= 4 is 21.4 Å². The molecular weight excluding hydrogens is 342 g/mol. The molecule has 1 saturated heterocycles. The molecule has 2 N–H and O–H groups in total. The van der Waals surface area contributed by atoms with Crippen molar-refractivity contribution in [1.29, 1.82) is 0 Å². The number of aromatic nitrogens is 2. The molecule has 0 bridgehead atoms. The van der Waals surface area contributed by atoms with E-state index in [2.05, 4.69) is 10.4 Å². The van der Waals surface area contributed by atoms with Crippen LogP contribution >= 0.6 is 0 Å². The Morgan fingerprint density at radius 3 is 2.52 bits per heavy atom. The number of sulfone groups is 1. The van der Waals surface area contributed by atoms with Crippen molar-refractivity contribution < 1.29 is 22.6 Å². The molecule has 1 aliphatic heterocycles. The van der Waals surface area contributed by atoms with E-state index in [1.165, 1.54) is 0 Å². The first-order valence-electron chi connectivity index (χ1n) is 8.07. The Labute approximate surface area is 146 Å². The van der Waals surface area contributed by atoms with E-state index in [4.69, 9.17) is 4.74 Å². The molecule has 1 aromatic heterocycles. The van der Waals surface area contributed by atoms with Gasteiger partial charge in [-0.15, -0.1) is 4.68 Å². The SMILES string of the molecule is COc1ccc(NC(=O)c2c(C)[nH][n+]([C@H]3CCS(=O)(=O)C3)c2C)cc1. The summed E-state index contributed by atoms with van der Waals surface area (Å²) in [4.78, 5) is 12.7. The molecule has 25 heavy (non-hydrogen) atoms. The zero-order valence-corrected chi connectivity index (χ0v) is 15.3. The minimum absolute atomic E-state index is 0.109. The molecule has 1 atom stereocenters. The normalized spacial score (nSPS) is 18.9. The average molecular weight is 364 g/mol. The van der Waals surface area contributed by atoms with Gasteiger partial charge in [-0.3, -0.25) is 4.79 Å². The first-order valence-corrected chi connectivity index (χ1v) is 9.89. The lowest BCUT2D eigenvalue weighted by atomic mass is 10.1. The summed E-state index contributed by atoms with van der Waals surface area (Å²) in [6.07, 6.45) is 0.563. The van der Waals surface area contributed by atoms with Crippen molar-refractivity contribution in [2.75, 3.05) is 23.9 Å². The summed E-state index contributed by atoms with van der Waals surface area (Å²) in [7, 11) is -1.41. The smallest absolute Gasteiger partial charge is 0.264 e. The number of benzene rings is 1. The molecule has 3 rings (SSSR count). The topological polar surface area (TPSA) is 92.1 Å². The van der Waals surface area contributed by atoms with Crippen molar-refractivity contribution in [3.05, 3.63) is 41.2 Å². The number of anilines is 1. The van der Waals surface area contributed by atoms with Crippen molar-refractivity contribution in [2.45, 2.75) is 26.3 Å². The Bertz CT molecular complexity index is 901. The summed E-state index contributed by atoms with van der Waals surface area (Å²) < 4.78 is 30.4. The van der Waals surface area contributed by atoms with E-state index in [9.17, 15) is 13.2 Å². The first kappa shape index (κ1) is 17.5. The number of amides is 1. The third kappa shape index (κ3) is 3.53. The van der Waals surface area contributed by atoms with Gasteiger partial charge in [0.15, 0.2) is 15.9 Å². The lowest BCUT2D eigenvalue weighted by Crippen LogP contribution is -2.44. The minimum atomic E-state index is -2.99. The number of aromatic amines is 1. The summed E-state index contributed by atoms with van der Waals surface area (Å²) in [5, 5.41) is 6.01. The monoisotopic (exact) mass is 364 g/mol. The van der Waals surface area contributed by atoms with E-state index in [-0.39, 0.29) is 23.5 Å². The maximum atomic E-state index is 12.7. The van der Waals surface area contributed by atoms with Gasteiger partial charge in [0.1, 0.15) is 17.1 Å². The second kappa shape index (κ2) is 6.51. The fraction of sp³-hybridized carbons (Fsp3) is 0.412. The first-order chi connectivity index (χ1) is 11.8. The number of H-pyrrole nitrogens is 1. The Hall–Kier alpha value is -2.35. The maximum Gasteiger partial charge on any atom is 0.264 e. The predicted octanol–water partition coefficient (Wildman–Crippen LogP) is 1.54. The number of hydrogen-bond acceptors (Lipinski definition) is 4. The van der Waals surface area contributed by atoms with Crippen LogP contribution in [0.15, 0.2) is 24.3 Å². The molecule has 0 spiro atoms. The number of carbonyl (C=O) groups is 1. The molecule has 134 valence electrons. The van der Waals surface area contributed by atoms with Crippen molar-refractivity contribution in [3.8, 4) is 5.75 Å². The van der Waals surface area contributed by atoms with Gasteiger partial charge >= 0.3 is 0 Å². The van der Waals surface area contributed by atoms with Gasteiger partial charge in [0.25, 0.3) is 5.91 Å². The third-order valence-electron chi connectivity index (χ3n) is 4.53. The number of hydrogen-bond donors (Lipinski definition) is 2. The number of aryl methyl sites for hydroxylation is 1. The molecule has 7 nitrogen and oxygen atoms in total. The minimum Gasteiger partial charge on any atom is -0.497 e. The highest BCUT2D eigenvalue weighted by Gasteiger charge is 2.38. The largest absolute Gasteiger partial charge is 0.497 e. The number of rotatable bonds is 4. The zero-order chi connectivity index (χ0) is 18.2. The molecule has 1 amide bonds. The highest BCUT2D eigenvalue weighted by Crippen LogP contribution is 2.22. The van der Waals surface area contributed by atoms with Crippen LogP contribution in [-0.4, -0.2) is 38.0 Å². The van der Waals surface area contributed by atoms with Gasteiger partial charge in [0, 0.05) is 19.0 Å². The summed E-state index contributed by atoms with van der Waals surface area (Å²) in [6.45, 7) is 3.65. The van der Waals surface area contributed by atoms with E-state index in [0.29, 0.717) is 29.1 Å². The van der Waals surface area contributed by atoms with Crippen LogP contribution in [0.1, 0.15) is 34.2 Å². The summed E-state index contributed by atoms with van der Waals surface area (Å²) in [5.41, 5.74) is 2.67. The Kier molecular flexibility index (Phi) is 4.55. The number of nitrogens with one attached hydrogen (secondary N) is 2. The van der Waals surface area contributed by atoms with Crippen molar-refractivity contribution in [1.82, 2.24) is 5.10 Å². The predicted molar refractivity (Wildman–Crippen MR) is 93.7 cm³/mol. The second-order valence-corrected chi connectivity index (χ2v) is 8.54. The number of methoxy groups -OCH3 is 1. The highest BCUT2D eigenvalue weighted by atomic mass is 32.2. The lowest BCUT2D eigenvalue weighted by Gasteiger charge is -2.05. The molecular formula is C17H22N3O4S+. The fourth-order valence-electron chi connectivity index (χ4n) is 3.26. The zero-order valence-electron chi connectivity index (χ0n) is 14.5. The quantitative estimate of drug-likeness (QED) is 0.805. The summed E-state index contributed by atoms with van der Waals surface area (Å²) in [6, 6.07) is 6.94. The molecule has 1 aliphatic rings. The van der Waals surface area contributed by atoms with Gasteiger partial charge in [-0.05, 0) is 31.2 Å². The van der Waals surface area contributed by atoms with Gasteiger partial charge in [0.05, 0.1) is 18.6 Å². The number of ether oxygens (including phenoxy) is 1. The molecule has 2 heterocycles. The average Bonchev–Trinajstić information content (AvgIpc) is 3.07.